The normalized spacial score (nSPS) is 10.7. The molecule has 0 saturated carbocycles. The number of nitrogens with two attached hydrogens (primary N) is 1. The molecular formula is C15H11ClN4. The predicted molar refractivity (Wildman–Crippen MR) is 79.9 cm³/mol. The number of hydrogen-bond acceptors (Lipinski definition) is 3. The minimum atomic E-state index is 0.315. The van der Waals surface area contributed by atoms with Crippen LogP contribution < -0.4 is 5.73 Å². The minimum Gasteiger partial charge on any atom is -0.369 e. The quantitative estimate of drug-likeness (QED) is 0.743. The van der Waals surface area contributed by atoms with E-state index < -0.39 is 0 Å². The van der Waals surface area contributed by atoms with Crippen molar-refractivity contribution in [1.29, 1.82) is 5.26 Å². The van der Waals surface area contributed by atoms with Crippen molar-refractivity contribution in [3.05, 3.63) is 52.5 Å². The molecule has 0 atom stereocenters. The highest BCUT2D eigenvalue weighted by atomic mass is 35.5. The van der Waals surface area contributed by atoms with E-state index in [2.05, 4.69) is 11.1 Å². The van der Waals surface area contributed by atoms with Gasteiger partial charge in [0.1, 0.15) is 11.6 Å². The number of rotatable bonds is 1. The average Bonchev–Trinajstić information content (AvgIpc) is 2.77. The fourth-order valence-electron chi connectivity index (χ4n) is 2.25. The lowest BCUT2D eigenvalue weighted by Gasteiger charge is -2.09. The molecular weight excluding hydrogens is 272 g/mol. The molecule has 2 N–H and O–H groups in total. The first-order valence-corrected chi connectivity index (χ1v) is 6.43. The van der Waals surface area contributed by atoms with Crippen LogP contribution in [0.25, 0.3) is 16.7 Å². The number of nitrogen functional groups attached to an aromatic ring is 1. The van der Waals surface area contributed by atoms with Crippen LogP contribution in [0.5, 0.6) is 0 Å². The Labute approximate surface area is 121 Å². The van der Waals surface area contributed by atoms with Gasteiger partial charge in [0.2, 0.25) is 5.95 Å². The SMILES string of the molecule is Cc1ccc(Cl)c(-n2c(N)nc3c(C#N)cccc32)c1. The van der Waals surface area contributed by atoms with Crippen LogP contribution in [0.2, 0.25) is 5.02 Å². The van der Waals surface area contributed by atoms with Gasteiger partial charge in [-0.05, 0) is 36.8 Å². The molecule has 0 aliphatic heterocycles. The van der Waals surface area contributed by atoms with Crippen LogP contribution in [0.15, 0.2) is 36.4 Å². The number of benzene rings is 2. The van der Waals surface area contributed by atoms with Gasteiger partial charge in [-0.3, -0.25) is 4.57 Å². The summed E-state index contributed by atoms with van der Waals surface area (Å²) in [5.41, 5.74) is 9.71. The van der Waals surface area contributed by atoms with Gasteiger partial charge in [0.15, 0.2) is 0 Å². The molecule has 20 heavy (non-hydrogen) atoms. The van der Waals surface area contributed by atoms with E-state index in [-0.39, 0.29) is 0 Å². The van der Waals surface area contributed by atoms with Gasteiger partial charge in [-0.2, -0.15) is 5.26 Å². The lowest BCUT2D eigenvalue weighted by atomic mass is 10.2. The second kappa shape index (κ2) is 4.55. The number of fused-ring (bicyclic) bond motifs is 1. The van der Waals surface area contributed by atoms with E-state index in [1.54, 1.807) is 10.6 Å². The molecule has 3 rings (SSSR count). The second-order valence-corrected chi connectivity index (χ2v) is 4.95. The fourth-order valence-corrected chi connectivity index (χ4v) is 2.46. The smallest absolute Gasteiger partial charge is 0.206 e. The van der Waals surface area contributed by atoms with E-state index in [9.17, 15) is 0 Å². The molecule has 0 aliphatic carbocycles. The number of hydrogen-bond donors (Lipinski definition) is 1. The van der Waals surface area contributed by atoms with Gasteiger partial charge < -0.3 is 5.73 Å². The highest BCUT2D eigenvalue weighted by Gasteiger charge is 2.14. The number of aromatic nitrogens is 2. The number of imidazole rings is 1. The largest absolute Gasteiger partial charge is 0.369 e. The summed E-state index contributed by atoms with van der Waals surface area (Å²) in [7, 11) is 0. The Hall–Kier alpha value is -2.51. The topological polar surface area (TPSA) is 67.6 Å². The number of nitriles is 1. The maximum Gasteiger partial charge on any atom is 0.206 e. The first-order chi connectivity index (χ1) is 9.61. The molecule has 5 heteroatoms. The summed E-state index contributed by atoms with van der Waals surface area (Å²) >= 11 is 6.26. The van der Waals surface area contributed by atoms with Crippen molar-refractivity contribution in [3.63, 3.8) is 0 Å². The van der Waals surface area contributed by atoms with Crippen LogP contribution in [0.3, 0.4) is 0 Å². The minimum absolute atomic E-state index is 0.315. The van der Waals surface area contributed by atoms with Crippen LogP contribution in [-0.2, 0) is 0 Å². The number of anilines is 1. The Morgan fingerprint density at radius 3 is 2.85 bits per heavy atom. The van der Waals surface area contributed by atoms with Crippen molar-refractivity contribution in [2.45, 2.75) is 6.92 Å². The third kappa shape index (κ3) is 1.80. The van der Waals surface area contributed by atoms with Crippen molar-refractivity contribution >= 4 is 28.6 Å². The summed E-state index contributed by atoms with van der Waals surface area (Å²) < 4.78 is 1.77. The van der Waals surface area contributed by atoms with Crippen LogP contribution >= 0.6 is 11.6 Å². The van der Waals surface area contributed by atoms with E-state index in [1.165, 1.54) is 0 Å². The lowest BCUT2D eigenvalue weighted by molar-refractivity contribution is 1.10. The molecule has 1 heterocycles. The first-order valence-electron chi connectivity index (χ1n) is 6.05. The third-order valence-electron chi connectivity index (χ3n) is 3.17. The Morgan fingerprint density at radius 2 is 2.10 bits per heavy atom. The van der Waals surface area contributed by atoms with Crippen molar-refractivity contribution in [1.82, 2.24) is 9.55 Å². The molecule has 0 unspecified atom stereocenters. The Morgan fingerprint density at radius 1 is 1.30 bits per heavy atom. The average molecular weight is 283 g/mol. The Balaban J connectivity index is 2.40. The molecule has 0 amide bonds. The van der Waals surface area contributed by atoms with E-state index in [4.69, 9.17) is 22.6 Å². The van der Waals surface area contributed by atoms with Gasteiger partial charge in [0.05, 0.1) is 21.8 Å². The van der Waals surface area contributed by atoms with Gasteiger partial charge in [0, 0.05) is 0 Å². The Kier molecular flexibility index (Phi) is 2.85. The van der Waals surface area contributed by atoms with Gasteiger partial charge >= 0.3 is 0 Å². The molecule has 0 bridgehead atoms. The zero-order chi connectivity index (χ0) is 14.3. The van der Waals surface area contributed by atoms with Gasteiger partial charge in [-0.1, -0.05) is 23.7 Å². The summed E-state index contributed by atoms with van der Waals surface area (Å²) in [6.07, 6.45) is 0. The molecule has 2 aromatic carbocycles. The van der Waals surface area contributed by atoms with Crippen molar-refractivity contribution < 1.29 is 0 Å². The zero-order valence-corrected chi connectivity index (χ0v) is 11.5. The predicted octanol–water partition coefficient (Wildman–Crippen LogP) is 3.44. The standard InChI is InChI=1S/C15H11ClN4/c1-9-5-6-11(16)13(7-9)20-12-4-2-3-10(8-17)14(12)19-15(20)18/h2-7H,1H3,(H2,18,19). The molecule has 0 spiro atoms. The highest BCUT2D eigenvalue weighted by molar-refractivity contribution is 6.32. The maximum atomic E-state index is 9.14. The zero-order valence-electron chi connectivity index (χ0n) is 10.8. The second-order valence-electron chi connectivity index (χ2n) is 4.55. The van der Waals surface area contributed by atoms with Crippen LogP contribution in [-0.4, -0.2) is 9.55 Å². The first kappa shape index (κ1) is 12.5. The summed E-state index contributed by atoms with van der Waals surface area (Å²) in [5, 5.41) is 9.73. The molecule has 98 valence electrons. The van der Waals surface area contributed by atoms with Gasteiger partial charge in [-0.15, -0.1) is 0 Å². The van der Waals surface area contributed by atoms with E-state index >= 15 is 0 Å². The van der Waals surface area contributed by atoms with Crippen LogP contribution in [0.1, 0.15) is 11.1 Å². The summed E-state index contributed by atoms with van der Waals surface area (Å²) in [6, 6.07) is 13.2. The van der Waals surface area contributed by atoms with Crippen LogP contribution in [0.4, 0.5) is 5.95 Å². The lowest BCUT2D eigenvalue weighted by Crippen LogP contribution is -2.01. The molecule has 0 aliphatic rings. The number of halogens is 1. The summed E-state index contributed by atoms with van der Waals surface area (Å²) in [6.45, 7) is 1.98. The van der Waals surface area contributed by atoms with Crippen molar-refractivity contribution in [2.75, 3.05) is 5.73 Å². The van der Waals surface area contributed by atoms with E-state index in [0.717, 1.165) is 16.8 Å². The monoisotopic (exact) mass is 282 g/mol. The van der Waals surface area contributed by atoms with Gasteiger partial charge in [-0.25, -0.2) is 4.98 Å². The molecule has 0 fully saturated rings. The third-order valence-corrected chi connectivity index (χ3v) is 3.49. The molecule has 0 saturated heterocycles. The van der Waals surface area contributed by atoms with Crippen molar-refractivity contribution in [3.8, 4) is 11.8 Å². The van der Waals surface area contributed by atoms with E-state index in [1.807, 2.05) is 37.3 Å². The van der Waals surface area contributed by atoms with Gasteiger partial charge in [0.25, 0.3) is 0 Å². The highest BCUT2D eigenvalue weighted by Crippen LogP contribution is 2.29. The van der Waals surface area contributed by atoms with Crippen molar-refractivity contribution in [2.24, 2.45) is 0 Å². The molecule has 0 radical (unpaired) electrons. The number of para-hydroxylation sites is 1. The fraction of sp³-hybridized carbons (Fsp3) is 0.0667. The summed E-state index contributed by atoms with van der Waals surface area (Å²) in [4.78, 5) is 4.29. The maximum absolute atomic E-state index is 9.14. The summed E-state index contributed by atoms with van der Waals surface area (Å²) in [5.74, 6) is 0.315. The van der Waals surface area contributed by atoms with Crippen LogP contribution in [0, 0.1) is 18.3 Å². The molecule has 4 nitrogen and oxygen atoms in total. The number of nitrogens with zero attached hydrogens (tertiary/aromatic N) is 3. The molecule has 1 aromatic heterocycles. The number of aryl methyl sites for hydroxylation is 1. The molecule has 3 aromatic rings. The van der Waals surface area contributed by atoms with E-state index in [0.29, 0.717) is 22.1 Å². The Bertz CT molecular complexity index is 858.